The Morgan fingerprint density at radius 2 is 1.96 bits per heavy atom. The van der Waals surface area contributed by atoms with E-state index >= 15 is 0 Å². The number of aromatic nitrogens is 2. The van der Waals surface area contributed by atoms with E-state index in [0.717, 1.165) is 48.4 Å². The third kappa shape index (κ3) is 4.82. The fraction of sp³-hybridized carbons (Fsp3) is 0.500. The molecule has 3 N–H and O–H groups in total. The molecule has 0 unspecified atom stereocenters. The van der Waals surface area contributed by atoms with Crippen molar-refractivity contribution in [3.05, 3.63) is 46.8 Å². The lowest BCUT2D eigenvalue weighted by Crippen LogP contribution is -2.28. The molecule has 0 spiro atoms. The number of fused-ring (bicyclic) bond motifs is 1. The summed E-state index contributed by atoms with van der Waals surface area (Å²) in [5.74, 6) is 0.785. The van der Waals surface area contributed by atoms with Crippen molar-refractivity contribution < 1.29 is 9.53 Å². The monoisotopic (exact) mass is 390 g/mol. The van der Waals surface area contributed by atoms with E-state index in [2.05, 4.69) is 20.8 Å². The zero-order valence-electron chi connectivity index (χ0n) is 15.4. The van der Waals surface area contributed by atoms with Crippen LogP contribution in [0.1, 0.15) is 59.4 Å². The molecule has 1 saturated carbocycles. The highest BCUT2D eigenvalue weighted by Crippen LogP contribution is 2.23. The molecule has 2 heterocycles. The Balaban J connectivity index is 0.00000210. The summed E-state index contributed by atoms with van der Waals surface area (Å²) >= 11 is 0. The van der Waals surface area contributed by atoms with Gasteiger partial charge in [-0.15, -0.1) is 12.4 Å². The number of rotatable bonds is 5. The van der Waals surface area contributed by atoms with Crippen LogP contribution in [0.15, 0.2) is 24.3 Å². The van der Waals surface area contributed by atoms with Crippen molar-refractivity contribution in [2.24, 2.45) is 0 Å². The van der Waals surface area contributed by atoms with Crippen LogP contribution in [0.2, 0.25) is 0 Å². The quantitative estimate of drug-likeness (QED) is 0.732. The summed E-state index contributed by atoms with van der Waals surface area (Å²) < 4.78 is 6.05. The first kappa shape index (κ1) is 19.7. The summed E-state index contributed by atoms with van der Waals surface area (Å²) in [6.07, 6.45) is 7.41. The highest BCUT2D eigenvalue weighted by Gasteiger charge is 2.21. The van der Waals surface area contributed by atoms with Crippen molar-refractivity contribution in [1.82, 2.24) is 20.8 Å². The average molecular weight is 391 g/mol. The maximum absolute atomic E-state index is 12.4. The molecule has 0 atom stereocenters. The standard InChI is InChI=1S/C20H26N4O2.ClH/c25-20(19-17-13-21-11-10-18(17)23-24-19)22-12-14-6-8-16(9-7-14)26-15-4-2-1-3-5-15;/h6-9,15,21H,1-5,10-13H2,(H,22,25)(H,23,24);1H. The van der Waals surface area contributed by atoms with Gasteiger partial charge in [-0.25, -0.2) is 0 Å². The molecular weight excluding hydrogens is 364 g/mol. The third-order valence-electron chi connectivity index (χ3n) is 5.25. The van der Waals surface area contributed by atoms with Crippen LogP contribution in [-0.2, 0) is 19.5 Å². The van der Waals surface area contributed by atoms with Crippen LogP contribution in [0.4, 0.5) is 0 Å². The number of aromatic amines is 1. The van der Waals surface area contributed by atoms with Crippen molar-refractivity contribution >= 4 is 18.3 Å². The van der Waals surface area contributed by atoms with Gasteiger partial charge in [-0.05, 0) is 43.4 Å². The van der Waals surface area contributed by atoms with Crippen molar-refractivity contribution in [2.45, 2.75) is 57.7 Å². The van der Waals surface area contributed by atoms with Crippen LogP contribution in [0.25, 0.3) is 0 Å². The van der Waals surface area contributed by atoms with Gasteiger partial charge in [0.1, 0.15) is 5.75 Å². The maximum Gasteiger partial charge on any atom is 0.272 e. The fourth-order valence-electron chi connectivity index (χ4n) is 3.74. The topological polar surface area (TPSA) is 79.0 Å². The smallest absolute Gasteiger partial charge is 0.272 e. The molecule has 2 aliphatic rings. The number of hydrogen-bond acceptors (Lipinski definition) is 4. The molecule has 1 fully saturated rings. The lowest BCUT2D eigenvalue weighted by Gasteiger charge is -2.23. The summed E-state index contributed by atoms with van der Waals surface area (Å²) in [7, 11) is 0. The molecule has 0 bridgehead atoms. The van der Waals surface area contributed by atoms with E-state index in [1.165, 1.54) is 19.3 Å². The van der Waals surface area contributed by atoms with E-state index in [-0.39, 0.29) is 18.3 Å². The van der Waals surface area contributed by atoms with Gasteiger partial charge in [0.05, 0.1) is 6.10 Å². The van der Waals surface area contributed by atoms with Crippen molar-refractivity contribution in [3.8, 4) is 5.75 Å². The molecule has 2 aromatic rings. The number of halogens is 1. The predicted octanol–water partition coefficient (Wildman–Crippen LogP) is 3.12. The van der Waals surface area contributed by atoms with Crippen LogP contribution in [0, 0.1) is 0 Å². The van der Waals surface area contributed by atoms with E-state index in [1.807, 2.05) is 24.3 Å². The van der Waals surface area contributed by atoms with Gasteiger partial charge < -0.3 is 15.4 Å². The van der Waals surface area contributed by atoms with Crippen LogP contribution < -0.4 is 15.4 Å². The van der Waals surface area contributed by atoms with Gasteiger partial charge in [0.15, 0.2) is 5.69 Å². The summed E-state index contributed by atoms with van der Waals surface area (Å²) in [5.41, 5.74) is 3.62. The van der Waals surface area contributed by atoms with Gasteiger partial charge >= 0.3 is 0 Å². The van der Waals surface area contributed by atoms with Gasteiger partial charge in [0.2, 0.25) is 0 Å². The Morgan fingerprint density at radius 1 is 1.19 bits per heavy atom. The molecule has 1 aliphatic heterocycles. The van der Waals surface area contributed by atoms with E-state index < -0.39 is 0 Å². The maximum atomic E-state index is 12.4. The predicted molar refractivity (Wildman–Crippen MR) is 106 cm³/mol. The summed E-state index contributed by atoms with van der Waals surface area (Å²) in [6, 6.07) is 8.02. The summed E-state index contributed by atoms with van der Waals surface area (Å²) in [5, 5.41) is 13.4. The molecule has 27 heavy (non-hydrogen) atoms. The highest BCUT2D eigenvalue weighted by atomic mass is 35.5. The highest BCUT2D eigenvalue weighted by molar-refractivity contribution is 5.94. The SMILES string of the molecule is Cl.O=C(NCc1ccc(OC2CCCCC2)cc1)c1n[nH]c2c1CNCC2. The van der Waals surface area contributed by atoms with Crippen LogP contribution >= 0.6 is 12.4 Å². The molecule has 1 aromatic heterocycles. The van der Waals surface area contributed by atoms with E-state index in [0.29, 0.717) is 24.9 Å². The molecule has 0 radical (unpaired) electrons. The van der Waals surface area contributed by atoms with E-state index in [9.17, 15) is 4.79 Å². The molecule has 0 saturated heterocycles. The summed E-state index contributed by atoms with van der Waals surface area (Å²) in [6.45, 7) is 2.10. The molecule has 7 heteroatoms. The normalized spacial score (nSPS) is 16.9. The first-order valence-electron chi connectivity index (χ1n) is 9.60. The van der Waals surface area contributed by atoms with Gasteiger partial charge in [-0.3, -0.25) is 9.89 Å². The lowest BCUT2D eigenvalue weighted by molar-refractivity contribution is 0.0944. The minimum atomic E-state index is -0.131. The summed E-state index contributed by atoms with van der Waals surface area (Å²) in [4.78, 5) is 12.4. The second-order valence-electron chi connectivity index (χ2n) is 7.16. The minimum absolute atomic E-state index is 0. The van der Waals surface area contributed by atoms with E-state index in [4.69, 9.17) is 4.74 Å². The zero-order valence-corrected chi connectivity index (χ0v) is 16.2. The van der Waals surface area contributed by atoms with Crippen molar-refractivity contribution in [3.63, 3.8) is 0 Å². The molecule has 1 aliphatic carbocycles. The second kappa shape index (κ2) is 9.24. The molecule has 146 valence electrons. The zero-order chi connectivity index (χ0) is 17.8. The lowest BCUT2D eigenvalue weighted by atomic mass is 9.98. The van der Waals surface area contributed by atoms with Gasteiger partial charge in [-0.2, -0.15) is 5.10 Å². The molecule has 1 aromatic carbocycles. The Labute approximate surface area is 165 Å². The van der Waals surface area contributed by atoms with Crippen LogP contribution in [0.3, 0.4) is 0 Å². The largest absolute Gasteiger partial charge is 0.490 e. The fourth-order valence-corrected chi connectivity index (χ4v) is 3.74. The number of nitrogens with zero attached hydrogens (tertiary/aromatic N) is 1. The molecule has 6 nitrogen and oxygen atoms in total. The first-order chi connectivity index (χ1) is 12.8. The minimum Gasteiger partial charge on any atom is -0.490 e. The van der Waals surface area contributed by atoms with Crippen LogP contribution in [0.5, 0.6) is 5.75 Å². The van der Waals surface area contributed by atoms with Gasteiger partial charge in [-0.1, -0.05) is 18.6 Å². The number of carbonyl (C=O) groups is 1. The van der Waals surface area contributed by atoms with Crippen molar-refractivity contribution in [1.29, 1.82) is 0 Å². The number of benzene rings is 1. The van der Waals surface area contributed by atoms with Crippen LogP contribution in [-0.4, -0.2) is 28.8 Å². The number of H-pyrrole nitrogens is 1. The first-order valence-corrected chi connectivity index (χ1v) is 9.60. The third-order valence-corrected chi connectivity index (χ3v) is 5.25. The molecule has 4 rings (SSSR count). The number of ether oxygens (including phenoxy) is 1. The Bertz CT molecular complexity index is 754. The van der Waals surface area contributed by atoms with Gasteiger partial charge in [0, 0.05) is 37.3 Å². The molecular formula is C20H27ClN4O2. The average Bonchev–Trinajstić information content (AvgIpc) is 3.12. The van der Waals surface area contributed by atoms with Gasteiger partial charge in [0.25, 0.3) is 5.91 Å². The number of amides is 1. The second-order valence-corrected chi connectivity index (χ2v) is 7.16. The Kier molecular flexibility index (Phi) is 6.74. The Hall–Kier alpha value is -2.05. The van der Waals surface area contributed by atoms with E-state index in [1.54, 1.807) is 0 Å². The van der Waals surface area contributed by atoms with Crippen molar-refractivity contribution in [2.75, 3.05) is 6.54 Å². The number of hydrogen-bond donors (Lipinski definition) is 3. The number of carbonyl (C=O) groups excluding carboxylic acids is 1. The number of nitrogens with one attached hydrogen (secondary N) is 3. The Morgan fingerprint density at radius 3 is 2.74 bits per heavy atom. The molecule has 1 amide bonds.